The molecule has 0 amide bonds. The van der Waals surface area contributed by atoms with E-state index in [1.165, 1.54) is 0 Å². The van der Waals surface area contributed by atoms with Gasteiger partial charge in [0, 0.05) is 6.04 Å². The normalized spacial score (nSPS) is 38.5. The highest BCUT2D eigenvalue weighted by Crippen LogP contribution is 2.33. The number of nitrogens with one attached hydrogen (secondary N) is 1. The highest BCUT2D eigenvalue weighted by molar-refractivity contribution is 4.96. The molecule has 0 aromatic carbocycles. The molecule has 0 saturated carbocycles. The molecule has 0 aromatic rings. The van der Waals surface area contributed by atoms with Gasteiger partial charge in [0.05, 0.1) is 5.60 Å². The van der Waals surface area contributed by atoms with Crippen molar-refractivity contribution < 1.29 is 4.74 Å². The smallest absolute Gasteiger partial charge is 0.117 e. The SMILES string of the molecule is CC(C)CC1(C)NC(C)C(C)(C)O1. The van der Waals surface area contributed by atoms with Crippen molar-refractivity contribution in [1.29, 1.82) is 0 Å². The minimum absolute atomic E-state index is 0.0381. The van der Waals surface area contributed by atoms with Crippen molar-refractivity contribution in [2.45, 2.75) is 65.3 Å². The van der Waals surface area contributed by atoms with E-state index in [2.05, 4.69) is 46.9 Å². The van der Waals surface area contributed by atoms with Crippen LogP contribution in [0.5, 0.6) is 0 Å². The van der Waals surface area contributed by atoms with Gasteiger partial charge in [-0.05, 0) is 40.0 Å². The molecular formula is C11H23NO. The Kier molecular flexibility index (Phi) is 2.75. The van der Waals surface area contributed by atoms with Crippen molar-refractivity contribution in [3.8, 4) is 0 Å². The first kappa shape index (κ1) is 11.0. The molecule has 0 radical (unpaired) electrons. The summed E-state index contributed by atoms with van der Waals surface area (Å²) in [6.07, 6.45) is 1.07. The third-order valence-corrected chi connectivity index (χ3v) is 2.85. The van der Waals surface area contributed by atoms with E-state index in [0.717, 1.165) is 6.42 Å². The molecular weight excluding hydrogens is 162 g/mol. The molecule has 1 rings (SSSR count). The number of hydrogen-bond donors (Lipinski definition) is 1. The fourth-order valence-corrected chi connectivity index (χ4v) is 2.21. The summed E-state index contributed by atoms with van der Waals surface area (Å²) >= 11 is 0. The maximum atomic E-state index is 6.05. The van der Waals surface area contributed by atoms with Gasteiger partial charge in [-0.15, -0.1) is 0 Å². The molecule has 0 aromatic heterocycles. The van der Waals surface area contributed by atoms with Crippen LogP contribution in [0.25, 0.3) is 0 Å². The lowest BCUT2D eigenvalue weighted by atomic mass is 10.0. The summed E-state index contributed by atoms with van der Waals surface area (Å²) in [4.78, 5) is 0. The maximum absolute atomic E-state index is 6.05. The van der Waals surface area contributed by atoms with E-state index < -0.39 is 0 Å². The lowest BCUT2D eigenvalue weighted by Gasteiger charge is -2.28. The largest absolute Gasteiger partial charge is 0.353 e. The van der Waals surface area contributed by atoms with Crippen LogP contribution in [0.1, 0.15) is 48.0 Å². The average Bonchev–Trinajstić information content (AvgIpc) is 1.98. The van der Waals surface area contributed by atoms with Crippen molar-refractivity contribution in [2.24, 2.45) is 5.92 Å². The van der Waals surface area contributed by atoms with Crippen LogP contribution in [0.4, 0.5) is 0 Å². The Balaban J connectivity index is 2.65. The standard InChI is InChI=1S/C11H23NO/c1-8(2)7-11(6)12-9(3)10(4,5)13-11/h8-9,12H,7H2,1-6H3. The van der Waals surface area contributed by atoms with E-state index in [1.54, 1.807) is 0 Å². The molecule has 2 atom stereocenters. The van der Waals surface area contributed by atoms with Crippen LogP contribution in [0.2, 0.25) is 0 Å². The summed E-state index contributed by atoms with van der Waals surface area (Å²) < 4.78 is 6.05. The molecule has 78 valence electrons. The van der Waals surface area contributed by atoms with E-state index in [9.17, 15) is 0 Å². The average molecular weight is 185 g/mol. The quantitative estimate of drug-likeness (QED) is 0.714. The van der Waals surface area contributed by atoms with E-state index in [1.807, 2.05) is 0 Å². The third-order valence-electron chi connectivity index (χ3n) is 2.85. The first-order valence-corrected chi connectivity index (χ1v) is 5.23. The summed E-state index contributed by atoms with van der Waals surface area (Å²) in [7, 11) is 0. The van der Waals surface area contributed by atoms with E-state index in [4.69, 9.17) is 4.74 Å². The molecule has 0 bridgehead atoms. The van der Waals surface area contributed by atoms with Crippen LogP contribution in [0, 0.1) is 5.92 Å². The predicted octanol–water partition coefficient (Wildman–Crippen LogP) is 2.54. The van der Waals surface area contributed by atoms with Gasteiger partial charge >= 0.3 is 0 Å². The summed E-state index contributed by atoms with van der Waals surface area (Å²) in [5.41, 5.74) is -0.166. The Bertz CT molecular complexity index is 189. The maximum Gasteiger partial charge on any atom is 0.117 e. The van der Waals surface area contributed by atoms with Gasteiger partial charge in [-0.1, -0.05) is 13.8 Å². The Morgan fingerprint density at radius 1 is 1.31 bits per heavy atom. The van der Waals surface area contributed by atoms with Gasteiger partial charge < -0.3 is 4.74 Å². The summed E-state index contributed by atoms with van der Waals surface area (Å²) in [6.45, 7) is 13.1. The Morgan fingerprint density at radius 3 is 2.15 bits per heavy atom. The molecule has 1 N–H and O–H groups in total. The molecule has 2 nitrogen and oxygen atoms in total. The molecule has 0 aliphatic carbocycles. The Hall–Kier alpha value is -0.0800. The van der Waals surface area contributed by atoms with Gasteiger partial charge in [-0.2, -0.15) is 0 Å². The number of ether oxygens (including phenoxy) is 1. The topological polar surface area (TPSA) is 21.3 Å². The van der Waals surface area contributed by atoms with Crippen molar-refractivity contribution >= 4 is 0 Å². The van der Waals surface area contributed by atoms with Crippen molar-refractivity contribution in [3.05, 3.63) is 0 Å². The second-order valence-electron chi connectivity index (χ2n) is 5.40. The van der Waals surface area contributed by atoms with Gasteiger partial charge in [0.2, 0.25) is 0 Å². The lowest BCUT2D eigenvalue weighted by Crippen LogP contribution is -2.41. The minimum atomic E-state index is -0.128. The van der Waals surface area contributed by atoms with Crippen LogP contribution in [-0.2, 0) is 4.74 Å². The molecule has 2 heteroatoms. The van der Waals surface area contributed by atoms with E-state index in [-0.39, 0.29) is 11.3 Å². The zero-order chi connectivity index (χ0) is 10.3. The predicted molar refractivity (Wildman–Crippen MR) is 55.6 cm³/mol. The minimum Gasteiger partial charge on any atom is -0.353 e. The van der Waals surface area contributed by atoms with Gasteiger partial charge in [0.25, 0.3) is 0 Å². The van der Waals surface area contributed by atoms with Gasteiger partial charge in [0.15, 0.2) is 0 Å². The molecule has 13 heavy (non-hydrogen) atoms. The second-order valence-corrected chi connectivity index (χ2v) is 5.40. The Labute approximate surface area is 82.0 Å². The number of hydrogen-bond acceptors (Lipinski definition) is 2. The van der Waals surface area contributed by atoms with Gasteiger partial charge in [-0.25, -0.2) is 0 Å². The first-order valence-electron chi connectivity index (χ1n) is 5.23. The molecule has 1 aliphatic rings. The molecule has 1 saturated heterocycles. The van der Waals surface area contributed by atoms with Gasteiger partial charge in [-0.3, -0.25) is 5.32 Å². The van der Waals surface area contributed by atoms with Crippen molar-refractivity contribution in [2.75, 3.05) is 0 Å². The zero-order valence-electron chi connectivity index (χ0n) is 9.77. The van der Waals surface area contributed by atoms with Crippen LogP contribution < -0.4 is 5.32 Å². The van der Waals surface area contributed by atoms with E-state index >= 15 is 0 Å². The fourth-order valence-electron chi connectivity index (χ4n) is 2.21. The van der Waals surface area contributed by atoms with Crippen LogP contribution in [0.3, 0.4) is 0 Å². The monoisotopic (exact) mass is 185 g/mol. The first-order chi connectivity index (χ1) is 5.75. The van der Waals surface area contributed by atoms with E-state index in [0.29, 0.717) is 12.0 Å². The second kappa shape index (κ2) is 3.25. The van der Waals surface area contributed by atoms with Crippen molar-refractivity contribution in [1.82, 2.24) is 5.32 Å². The molecule has 1 aliphatic heterocycles. The molecule has 0 spiro atoms. The number of rotatable bonds is 2. The molecule has 1 heterocycles. The summed E-state index contributed by atoms with van der Waals surface area (Å²) in [5.74, 6) is 0.665. The fraction of sp³-hybridized carbons (Fsp3) is 1.00. The lowest BCUT2D eigenvalue weighted by molar-refractivity contribution is -0.0920. The molecule has 2 unspecified atom stereocenters. The van der Waals surface area contributed by atoms with Crippen LogP contribution >= 0.6 is 0 Å². The highest BCUT2D eigenvalue weighted by atomic mass is 16.5. The van der Waals surface area contributed by atoms with Crippen LogP contribution in [-0.4, -0.2) is 17.4 Å². The summed E-state index contributed by atoms with van der Waals surface area (Å²) in [6, 6.07) is 0.427. The highest BCUT2D eigenvalue weighted by Gasteiger charge is 2.45. The Morgan fingerprint density at radius 2 is 1.85 bits per heavy atom. The van der Waals surface area contributed by atoms with Crippen molar-refractivity contribution in [3.63, 3.8) is 0 Å². The van der Waals surface area contributed by atoms with Gasteiger partial charge in [0.1, 0.15) is 5.72 Å². The van der Waals surface area contributed by atoms with Crippen LogP contribution in [0.15, 0.2) is 0 Å². The zero-order valence-corrected chi connectivity index (χ0v) is 9.77. The molecule has 1 fully saturated rings. The third kappa shape index (κ3) is 2.44. The summed E-state index contributed by atoms with van der Waals surface area (Å²) in [5, 5.41) is 3.53.